The van der Waals surface area contributed by atoms with Crippen molar-refractivity contribution in [1.29, 1.82) is 0 Å². The van der Waals surface area contributed by atoms with Crippen LogP contribution >= 0.6 is 0 Å². The third-order valence-electron chi connectivity index (χ3n) is 2.14. The zero-order valence-electron chi connectivity index (χ0n) is 9.27. The smallest absolute Gasteiger partial charge is 0.335 e. The highest BCUT2D eigenvalue weighted by molar-refractivity contribution is 5.89. The number of methoxy groups -OCH3 is 1. The fourth-order valence-corrected chi connectivity index (χ4v) is 1.07. The molecule has 0 heterocycles. The molecule has 0 amide bonds. The van der Waals surface area contributed by atoms with Gasteiger partial charge in [0.2, 0.25) is 0 Å². The number of rotatable bonds is 5. The number of carboxylic acid groups (broad SMARTS) is 1. The largest absolute Gasteiger partial charge is 0.489 e. The maximum atomic E-state index is 10.7. The van der Waals surface area contributed by atoms with Gasteiger partial charge in [0.05, 0.1) is 17.4 Å². The van der Waals surface area contributed by atoms with E-state index in [1.54, 1.807) is 7.11 Å². The van der Waals surface area contributed by atoms with E-state index in [0.29, 0.717) is 18.0 Å². The van der Waals surface area contributed by atoms with E-state index in [-0.39, 0.29) is 11.7 Å². The minimum atomic E-state index is -1.01. The highest BCUT2D eigenvalue weighted by Gasteiger charge is 2.08. The molecule has 0 aliphatic heterocycles. The van der Waals surface area contributed by atoms with Gasteiger partial charge < -0.3 is 20.3 Å². The van der Waals surface area contributed by atoms with Crippen molar-refractivity contribution in [2.75, 3.05) is 19.5 Å². The average molecular weight is 225 g/mol. The summed E-state index contributed by atoms with van der Waals surface area (Å²) in [6, 6.07) is 4.35. The Morgan fingerprint density at radius 1 is 1.56 bits per heavy atom. The molecule has 88 valence electrons. The molecule has 0 saturated carbocycles. The van der Waals surface area contributed by atoms with Crippen molar-refractivity contribution in [2.24, 2.45) is 0 Å². The minimum Gasteiger partial charge on any atom is -0.489 e. The third-order valence-corrected chi connectivity index (χ3v) is 2.14. The Hall–Kier alpha value is -1.75. The van der Waals surface area contributed by atoms with Crippen molar-refractivity contribution < 1.29 is 19.4 Å². The molecule has 1 atom stereocenters. The molecule has 3 N–H and O–H groups in total. The molecule has 0 saturated heterocycles. The molecule has 0 fully saturated rings. The molecule has 1 aromatic carbocycles. The third kappa shape index (κ3) is 3.13. The van der Waals surface area contributed by atoms with Crippen molar-refractivity contribution in [3.63, 3.8) is 0 Å². The zero-order valence-corrected chi connectivity index (χ0v) is 9.27. The number of carbonyl (C=O) groups is 1. The van der Waals surface area contributed by atoms with Gasteiger partial charge in [0.15, 0.2) is 0 Å². The predicted molar refractivity (Wildman–Crippen MR) is 59.8 cm³/mol. The lowest BCUT2D eigenvalue weighted by atomic mass is 10.2. The van der Waals surface area contributed by atoms with E-state index in [0.717, 1.165) is 0 Å². The zero-order chi connectivity index (χ0) is 12.1. The van der Waals surface area contributed by atoms with E-state index in [4.69, 9.17) is 20.3 Å². The molecule has 0 spiro atoms. The second-order valence-corrected chi connectivity index (χ2v) is 3.42. The lowest BCUT2D eigenvalue weighted by molar-refractivity contribution is 0.0690. The first kappa shape index (κ1) is 12.3. The number of hydrogen-bond donors (Lipinski definition) is 2. The van der Waals surface area contributed by atoms with Crippen molar-refractivity contribution >= 4 is 11.7 Å². The van der Waals surface area contributed by atoms with Crippen LogP contribution in [0.25, 0.3) is 0 Å². The van der Waals surface area contributed by atoms with Gasteiger partial charge >= 0.3 is 5.97 Å². The molecule has 1 unspecified atom stereocenters. The Morgan fingerprint density at radius 2 is 2.25 bits per heavy atom. The highest BCUT2D eigenvalue weighted by Crippen LogP contribution is 2.23. The molecular weight excluding hydrogens is 210 g/mol. The summed E-state index contributed by atoms with van der Waals surface area (Å²) in [6.45, 7) is 2.17. The Labute approximate surface area is 93.8 Å². The van der Waals surface area contributed by atoms with Crippen LogP contribution in [0.5, 0.6) is 5.75 Å². The Bertz CT molecular complexity index is 378. The molecule has 0 bridgehead atoms. The van der Waals surface area contributed by atoms with Gasteiger partial charge in [-0.3, -0.25) is 0 Å². The van der Waals surface area contributed by atoms with Gasteiger partial charge in [-0.1, -0.05) is 0 Å². The minimum absolute atomic E-state index is 0.0760. The highest BCUT2D eigenvalue weighted by atomic mass is 16.5. The Kier molecular flexibility index (Phi) is 4.13. The van der Waals surface area contributed by atoms with Crippen LogP contribution in [0.2, 0.25) is 0 Å². The second kappa shape index (κ2) is 5.37. The van der Waals surface area contributed by atoms with Gasteiger partial charge in [-0.05, 0) is 25.1 Å². The molecule has 5 nitrogen and oxygen atoms in total. The van der Waals surface area contributed by atoms with E-state index in [1.807, 2.05) is 6.92 Å². The van der Waals surface area contributed by atoms with Crippen LogP contribution in [0.1, 0.15) is 17.3 Å². The topological polar surface area (TPSA) is 81.8 Å². The summed E-state index contributed by atoms with van der Waals surface area (Å²) in [5, 5.41) is 8.80. The van der Waals surface area contributed by atoms with Crippen molar-refractivity contribution in [2.45, 2.75) is 13.0 Å². The SMILES string of the molecule is COC(C)COc1cc(C(=O)O)ccc1N. The number of ether oxygens (including phenoxy) is 2. The van der Waals surface area contributed by atoms with Crippen LogP contribution in [0.4, 0.5) is 5.69 Å². The van der Waals surface area contributed by atoms with Crippen molar-refractivity contribution in [3.8, 4) is 5.75 Å². The van der Waals surface area contributed by atoms with Crippen LogP contribution in [0.15, 0.2) is 18.2 Å². The maximum Gasteiger partial charge on any atom is 0.335 e. The summed E-state index contributed by atoms with van der Waals surface area (Å²) in [5.74, 6) is -0.645. The summed E-state index contributed by atoms with van der Waals surface area (Å²) in [5.41, 5.74) is 6.22. The molecular formula is C11H15NO4. The standard InChI is InChI=1S/C11H15NO4/c1-7(15-2)6-16-10-5-8(11(13)14)3-4-9(10)12/h3-5,7H,6,12H2,1-2H3,(H,13,14). The molecule has 5 heteroatoms. The number of hydrogen-bond acceptors (Lipinski definition) is 4. The van der Waals surface area contributed by atoms with Crippen LogP contribution in [0.3, 0.4) is 0 Å². The molecule has 0 aromatic heterocycles. The maximum absolute atomic E-state index is 10.7. The van der Waals surface area contributed by atoms with E-state index in [1.165, 1.54) is 18.2 Å². The van der Waals surface area contributed by atoms with Gasteiger partial charge in [-0.25, -0.2) is 4.79 Å². The van der Waals surface area contributed by atoms with E-state index in [2.05, 4.69) is 0 Å². The predicted octanol–water partition coefficient (Wildman–Crippen LogP) is 1.38. The van der Waals surface area contributed by atoms with Crippen LogP contribution in [-0.4, -0.2) is 30.9 Å². The lowest BCUT2D eigenvalue weighted by Crippen LogP contribution is -2.16. The summed E-state index contributed by atoms with van der Waals surface area (Å²) >= 11 is 0. The van der Waals surface area contributed by atoms with E-state index in [9.17, 15) is 4.79 Å². The number of nitrogens with two attached hydrogens (primary N) is 1. The van der Waals surface area contributed by atoms with Gasteiger partial charge in [0, 0.05) is 7.11 Å². The molecule has 0 aliphatic carbocycles. The monoisotopic (exact) mass is 225 g/mol. The summed E-state index contributed by atoms with van der Waals surface area (Å²) in [6.07, 6.45) is -0.0760. The molecule has 0 aliphatic rings. The normalized spacial score (nSPS) is 12.1. The van der Waals surface area contributed by atoms with Crippen molar-refractivity contribution in [1.82, 2.24) is 0 Å². The van der Waals surface area contributed by atoms with Gasteiger partial charge in [-0.15, -0.1) is 0 Å². The fourth-order valence-electron chi connectivity index (χ4n) is 1.07. The number of anilines is 1. The summed E-state index contributed by atoms with van der Waals surface area (Å²) in [4.78, 5) is 10.7. The molecule has 1 aromatic rings. The van der Waals surface area contributed by atoms with Crippen LogP contribution in [0, 0.1) is 0 Å². The number of benzene rings is 1. The van der Waals surface area contributed by atoms with Crippen LogP contribution in [-0.2, 0) is 4.74 Å². The van der Waals surface area contributed by atoms with E-state index < -0.39 is 5.97 Å². The Balaban J connectivity index is 2.78. The molecule has 16 heavy (non-hydrogen) atoms. The number of nitrogen functional groups attached to an aromatic ring is 1. The summed E-state index contributed by atoms with van der Waals surface area (Å²) < 4.78 is 10.4. The second-order valence-electron chi connectivity index (χ2n) is 3.42. The quantitative estimate of drug-likeness (QED) is 0.740. The van der Waals surface area contributed by atoms with Gasteiger partial charge in [0.1, 0.15) is 12.4 Å². The molecule has 0 radical (unpaired) electrons. The van der Waals surface area contributed by atoms with E-state index >= 15 is 0 Å². The van der Waals surface area contributed by atoms with Gasteiger partial charge in [-0.2, -0.15) is 0 Å². The first-order chi connectivity index (χ1) is 7.54. The first-order valence-electron chi connectivity index (χ1n) is 4.83. The van der Waals surface area contributed by atoms with Crippen LogP contribution < -0.4 is 10.5 Å². The summed E-state index contributed by atoms with van der Waals surface area (Å²) in [7, 11) is 1.57. The lowest BCUT2D eigenvalue weighted by Gasteiger charge is -2.13. The number of aromatic carboxylic acids is 1. The average Bonchev–Trinajstić information content (AvgIpc) is 2.27. The number of carboxylic acids is 1. The van der Waals surface area contributed by atoms with Crippen molar-refractivity contribution in [3.05, 3.63) is 23.8 Å². The first-order valence-corrected chi connectivity index (χ1v) is 4.83. The fraction of sp³-hybridized carbons (Fsp3) is 0.364. The van der Waals surface area contributed by atoms with Gasteiger partial charge in [0.25, 0.3) is 0 Å². The molecule has 1 rings (SSSR count). The Morgan fingerprint density at radius 3 is 2.81 bits per heavy atom.